The Hall–Kier alpha value is -0.800. The van der Waals surface area contributed by atoms with Gasteiger partial charge in [0.1, 0.15) is 5.82 Å². The predicted octanol–water partition coefficient (Wildman–Crippen LogP) is 3.16. The molecule has 2 atom stereocenters. The zero-order valence-electron chi connectivity index (χ0n) is 13.5. The molecule has 3 nitrogen and oxygen atoms in total. The molecule has 1 aliphatic heterocycles. The van der Waals surface area contributed by atoms with E-state index in [0.717, 1.165) is 17.8 Å². The number of halogens is 1. The minimum Gasteiger partial charge on any atom is -0.363 e. The van der Waals surface area contributed by atoms with Crippen LogP contribution in [0.2, 0.25) is 0 Å². The lowest BCUT2D eigenvalue weighted by molar-refractivity contribution is 0.0846. The highest BCUT2D eigenvalue weighted by atomic mass is 35.5. The lowest BCUT2D eigenvalue weighted by Gasteiger charge is -2.44. The zero-order chi connectivity index (χ0) is 14.1. The SMILES string of the molecule is CCCN1CCCC2Cc3nc(N(C)C)ccc3CC21.Cl. The summed E-state index contributed by atoms with van der Waals surface area (Å²) in [5.41, 5.74) is 2.84. The molecule has 1 aliphatic carbocycles. The van der Waals surface area contributed by atoms with Crippen LogP contribution in [0, 0.1) is 5.92 Å². The molecule has 2 aliphatic rings. The first-order valence-corrected chi connectivity index (χ1v) is 8.09. The summed E-state index contributed by atoms with van der Waals surface area (Å²) in [4.78, 5) is 9.72. The molecule has 118 valence electrons. The van der Waals surface area contributed by atoms with Crippen LogP contribution in [0.25, 0.3) is 0 Å². The topological polar surface area (TPSA) is 19.4 Å². The van der Waals surface area contributed by atoms with Crippen molar-refractivity contribution >= 4 is 18.2 Å². The maximum absolute atomic E-state index is 4.88. The molecule has 0 amide bonds. The predicted molar refractivity (Wildman–Crippen MR) is 91.6 cm³/mol. The Labute approximate surface area is 135 Å². The number of hydrogen-bond acceptors (Lipinski definition) is 3. The van der Waals surface area contributed by atoms with Gasteiger partial charge in [-0.25, -0.2) is 4.98 Å². The summed E-state index contributed by atoms with van der Waals surface area (Å²) in [6.45, 7) is 4.86. The van der Waals surface area contributed by atoms with E-state index in [1.54, 1.807) is 0 Å². The molecule has 2 heterocycles. The van der Waals surface area contributed by atoms with Gasteiger partial charge in [-0.2, -0.15) is 0 Å². The van der Waals surface area contributed by atoms with Crippen molar-refractivity contribution < 1.29 is 0 Å². The number of likely N-dealkylation sites (tertiary alicyclic amines) is 1. The Balaban J connectivity index is 0.00000161. The van der Waals surface area contributed by atoms with Crippen molar-refractivity contribution in [3.63, 3.8) is 0 Å². The molecule has 1 saturated heterocycles. The van der Waals surface area contributed by atoms with E-state index in [-0.39, 0.29) is 12.4 Å². The first-order valence-electron chi connectivity index (χ1n) is 8.09. The van der Waals surface area contributed by atoms with Gasteiger partial charge in [0.2, 0.25) is 0 Å². The van der Waals surface area contributed by atoms with Crippen LogP contribution < -0.4 is 4.90 Å². The molecule has 0 N–H and O–H groups in total. The molecular weight excluding hydrogens is 282 g/mol. The first-order chi connectivity index (χ1) is 9.69. The number of fused-ring (bicyclic) bond motifs is 2. The largest absolute Gasteiger partial charge is 0.363 e. The van der Waals surface area contributed by atoms with E-state index in [2.05, 4.69) is 43.0 Å². The lowest BCUT2D eigenvalue weighted by Crippen LogP contribution is -2.49. The van der Waals surface area contributed by atoms with Gasteiger partial charge in [-0.1, -0.05) is 13.0 Å². The second-order valence-electron chi connectivity index (χ2n) is 6.58. The van der Waals surface area contributed by atoms with Crippen LogP contribution in [0.15, 0.2) is 12.1 Å². The van der Waals surface area contributed by atoms with Crippen molar-refractivity contribution in [1.29, 1.82) is 0 Å². The first kappa shape index (κ1) is 16.6. The minimum atomic E-state index is 0. The molecule has 1 aromatic rings. The number of rotatable bonds is 3. The fourth-order valence-electron chi connectivity index (χ4n) is 3.92. The van der Waals surface area contributed by atoms with Gasteiger partial charge >= 0.3 is 0 Å². The van der Waals surface area contributed by atoms with Crippen molar-refractivity contribution in [3.8, 4) is 0 Å². The van der Waals surface area contributed by atoms with Crippen LogP contribution in [-0.2, 0) is 12.8 Å². The molecular formula is C17H28ClN3. The third-order valence-electron chi connectivity index (χ3n) is 4.94. The standard InChI is InChI=1S/C17H27N3.ClH/c1-4-9-20-10-5-6-14-11-15-13(12-16(14)20)7-8-17(18-15)19(2)3;/h7-8,14,16H,4-6,9-12H2,1-3H3;1H. The summed E-state index contributed by atoms with van der Waals surface area (Å²) in [6, 6.07) is 5.25. The van der Waals surface area contributed by atoms with Crippen molar-refractivity contribution in [1.82, 2.24) is 9.88 Å². The fraction of sp³-hybridized carbons (Fsp3) is 0.706. The molecule has 0 spiro atoms. The van der Waals surface area contributed by atoms with E-state index in [1.807, 2.05) is 0 Å². The summed E-state index contributed by atoms with van der Waals surface area (Å²) >= 11 is 0. The number of hydrogen-bond donors (Lipinski definition) is 0. The summed E-state index contributed by atoms with van der Waals surface area (Å²) < 4.78 is 0. The van der Waals surface area contributed by atoms with E-state index in [1.165, 1.54) is 56.5 Å². The van der Waals surface area contributed by atoms with Crippen molar-refractivity contribution in [2.45, 2.75) is 45.1 Å². The summed E-state index contributed by atoms with van der Waals surface area (Å²) in [5.74, 6) is 1.93. The van der Waals surface area contributed by atoms with Gasteiger partial charge in [0.05, 0.1) is 0 Å². The maximum atomic E-state index is 4.88. The van der Waals surface area contributed by atoms with E-state index < -0.39 is 0 Å². The number of anilines is 1. The Bertz CT molecular complexity index is 473. The van der Waals surface area contributed by atoms with Crippen LogP contribution in [-0.4, -0.2) is 43.1 Å². The summed E-state index contributed by atoms with van der Waals surface area (Å²) in [6.07, 6.45) is 6.42. The van der Waals surface area contributed by atoms with Crippen LogP contribution in [0.3, 0.4) is 0 Å². The fourth-order valence-corrected chi connectivity index (χ4v) is 3.92. The highest BCUT2D eigenvalue weighted by Gasteiger charge is 2.35. The van der Waals surface area contributed by atoms with E-state index >= 15 is 0 Å². The molecule has 2 unspecified atom stereocenters. The Morgan fingerprint density at radius 2 is 2.10 bits per heavy atom. The highest BCUT2D eigenvalue weighted by Crippen LogP contribution is 2.35. The van der Waals surface area contributed by atoms with E-state index in [4.69, 9.17) is 4.98 Å². The van der Waals surface area contributed by atoms with Gasteiger partial charge < -0.3 is 4.90 Å². The Kier molecular flexibility index (Phi) is 5.50. The lowest BCUT2D eigenvalue weighted by atomic mass is 9.77. The molecule has 1 aromatic heterocycles. The third-order valence-corrected chi connectivity index (χ3v) is 4.94. The molecule has 0 aromatic carbocycles. The van der Waals surface area contributed by atoms with Gasteiger partial charge in [-0.3, -0.25) is 4.90 Å². The molecule has 4 heteroatoms. The number of nitrogens with zero attached hydrogens (tertiary/aromatic N) is 3. The zero-order valence-corrected chi connectivity index (χ0v) is 14.3. The Morgan fingerprint density at radius 1 is 1.29 bits per heavy atom. The average molecular weight is 310 g/mol. The number of aromatic nitrogens is 1. The number of pyridine rings is 1. The smallest absolute Gasteiger partial charge is 0.128 e. The quantitative estimate of drug-likeness (QED) is 0.855. The molecule has 0 radical (unpaired) electrons. The minimum absolute atomic E-state index is 0. The molecule has 1 fully saturated rings. The number of piperidine rings is 1. The normalized spacial score (nSPS) is 24.7. The van der Waals surface area contributed by atoms with Crippen LogP contribution in [0.5, 0.6) is 0 Å². The van der Waals surface area contributed by atoms with Gasteiger partial charge in [0, 0.05) is 25.8 Å². The third kappa shape index (κ3) is 3.35. The van der Waals surface area contributed by atoms with Gasteiger partial charge in [-0.05, 0) is 62.7 Å². The average Bonchev–Trinajstić information content (AvgIpc) is 2.45. The van der Waals surface area contributed by atoms with Crippen molar-refractivity contribution in [2.75, 3.05) is 32.1 Å². The maximum Gasteiger partial charge on any atom is 0.128 e. The van der Waals surface area contributed by atoms with Gasteiger partial charge in [-0.15, -0.1) is 12.4 Å². The monoisotopic (exact) mass is 309 g/mol. The van der Waals surface area contributed by atoms with Gasteiger partial charge in [0.25, 0.3) is 0 Å². The molecule has 21 heavy (non-hydrogen) atoms. The van der Waals surface area contributed by atoms with Crippen molar-refractivity contribution in [3.05, 3.63) is 23.4 Å². The highest BCUT2D eigenvalue weighted by molar-refractivity contribution is 5.85. The van der Waals surface area contributed by atoms with Gasteiger partial charge in [0.15, 0.2) is 0 Å². The van der Waals surface area contributed by atoms with Crippen LogP contribution >= 0.6 is 12.4 Å². The summed E-state index contributed by atoms with van der Waals surface area (Å²) in [7, 11) is 4.15. The second-order valence-corrected chi connectivity index (χ2v) is 6.58. The molecule has 0 bridgehead atoms. The molecule has 3 rings (SSSR count). The summed E-state index contributed by atoms with van der Waals surface area (Å²) in [5, 5.41) is 0. The van der Waals surface area contributed by atoms with E-state index in [0.29, 0.717) is 0 Å². The van der Waals surface area contributed by atoms with Crippen LogP contribution in [0.1, 0.15) is 37.4 Å². The second kappa shape index (κ2) is 6.97. The van der Waals surface area contributed by atoms with E-state index in [9.17, 15) is 0 Å². The van der Waals surface area contributed by atoms with Crippen LogP contribution in [0.4, 0.5) is 5.82 Å². The van der Waals surface area contributed by atoms with Crippen molar-refractivity contribution in [2.24, 2.45) is 5.92 Å². The Morgan fingerprint density at radius 3 is 2.81 bits per heavy atom. The molecule has 0 saturated carbocycles.